The van der Waals surface area contributed by atoms with Crippen LogP contribution in [0.25, 0.3) is 10.9 Å². The number of aryl methyl sites for hydroxylation is 2. The van der Waals surface area contributed by atoms with Gasteiger partial charge in [-0.2, -0.15) is 0 Å². The minimum Gasteiger partial charge on any atom is -0.479 e. The summed E-state index contributed by atoms with van der Waals surface area (Å²) in [4.78, 5) is 30.5. The Morgan fingerprint density at radius 3 is 2.81 bits per heavy atom. The fourth-order valence-electron chi connectivity index (χ4n) is 3.93. The van der Waals surface area contributed by atoms with Crippen molar-refractivity contribution in [3.63, 3.8) is 0 Å². The Kier molecular flexibility index (Phi) is 4.70. The van der Waals surface area contributed by atoms with Gasteiger partial charge in [0.2, 0.25) is 0 Å². The average Bonchev–Trinajstić information content (AvgIpc) is 3.38. The standard InChI is InChI=1S/C24H22N4O4/c1-13-19(14(2)32-27-13)12-28-21-11-18(6-7-22(21)31-15(3)24(28)30)26-23(29)17-5-4-16-8-9-25-20(16)10-17/h4-11,15,25H,12H2,1-3H3,(H,26,29). The van der Waals surface area contributed by atoms with Gasteiger partial charge in [0.05, 0.1) is 17.9 Å². The Hall–Kier alpha value is -4.07. The molecule has 0 radical (unpaired) electrons. The molecule has 2 aromatic heterocycles. The molecule has 1 atom stereocenters. The van der Waals surface area contributed by atoms with Gasteiger partial charge in [0, 0.05) is 28.5 Å². The van der Waals surface area contributed by atoms with E-state index in [0.717, 1.165) is 22.2 Å². The number of fused-ring (bicyclic) bond motifs is 2. The molecule has 0 spiro atoms. The highest BCUT2D eigenvalue weighted by molar-refractivity contribution is 6.07. The molecule has 1 aliphatic rings. The third-order valence-corrected chi connectivity index (χ3v) is 5.74. The maximum atomic E-state index is 12.9. The Bertz CT molecular complexity index is 1330. The number of anilines is 2. The second-order valence-electron chi connectivity index (χ2n) is 7.90. The van der Waals surface area contributed by atoms with Crippen molar-refractivity contribution in [1.82, 2.24) is 10.1 Å². The molecule has 8 nitrogen and oxygen atoms in total. The first-order valence-corrected chi connectivity index (χ1v) is 10.3. The molecular weight excluding hydrogens is 408 g/mol. The van der Waals surface area contributed by atoms with Crippen LogP contribution in [0.5, 0.6) is 5.75 Å². The van der Waals surface area contributed by atoms with E-state index in [1.165, 1.54) is 0 Å². The number of ether oxygens (including phenoxy) is 1. The van der Waals surface area contributed by atoms with Gasteiger partial charge >= 0.3 is 0 Å². The van der Waals surface area contributed by atoms with Gasteiger partial charge in [0.1, 0.15) is 11.5 Å². The molecule has 0 saturated heterocycles. The lowest BCUT2D eigenvalue weighted by atomic mass is 10.1. The first-order chi connectivity index (χ1) is 15.4. The highest BCUT2D eigenvalue weighted by Gasteiger charge is 2.33. The van der Waals surface area contributed by atoms with Crippen LogP contribution < -0.4 is 15.0 Å². The molecule has 5 rings (SSSR count). The molecular formula is C24H22N4O4. The Balaban J connectivity index is 1.45. The molecule has 0 aliphatic carbocycles. The smallest absolute Gasteiger partial charge is 0.268 e. The molecule has 32 heavy (non-hydrogen) atoms. The average molecular weight is 430 g/mol. The van der Waals surface area contributed by atoms with Crippen molar-refractivity contribution in [1.29, 1.82) is 0 Å². The van der Waals surface area contributed by atoms with Crippen LogP contribution >= 0.6 is 0 Å². The second kappa shape index (κ2) is 7.56. The van der Waals surface area contributed by atoms with Gasteiger partial charge in [-0.3, -0.25) is 9.59 Å². The Labute approximate surface area is 184 Å². The summed E-state index contributed by atoms with van der Waals surface area (Å²) in [6, 6.07) is 12.7. The maximum absolute atomic E-state index is 12.9. The highest BCUT2D eigenvalue weighted by Crippen LogP contribution is 2.38. The third-order valence-electron chi connectivity index (χ3n) is 5.74. The zero-order chi connectivity index (χ0) is 22.4. The summed E-state index contributed by atoms with van der Waals surface area (Å²) in [5, 5.41) is 7.94. The van der Waals surface area contributed by atoms with Crippen molar-refractivity contribution in [2.75, 3.05) is 10.2 Å². The van der Waals surface area contributed by atoms with Gasteiger partial charge in [-0.1, -0.05) is 11.2 Å². The van der Waals surface area contributed by atoms with Crippen LogP contribution in [0.15, 0.2) is 53.2 Å². The predicted molar refractivity (Wildman–Crippen MR) is 120 cm³/mol. The molecule has 3 heterocycles. The fraction of sp³-hybridized carbons (Fsp3) is 0.208. The number of hydrogen-bond donors (Lipinski definition) is 2. The number of hydrogen-bond acceptors (Lipinski definition) is 5. The van der Waals surface area contributed by atoms with E-state index in [2.05, 4.69) is 15.5 Å². The zero-order valence-electron chi connectivity index (χ0n) is 17.9. The molecule has 162 valence electrons. The number of carbonyl (C=O) groups is 2. The second-order valence-corrected chi connectivity index (χ2v) is 7.90. The van der Waals surface area contributed by atoms with Crippen molar-refractivity contribution in [3.05, 3.63) is 71.2 Å². The number of carbonyl (C=O) groups excluding carboxylic acids is 2. The minimum absolute atomic E-state index is 0.168. The van der Waals surface area contributed by atoms with Crippen LogP contribution in [-0.2, 0) is 11.3 Å². The summed E-state index contributed by atoms with van der Waals surface area (Å²) in [5.74, 6) is 0.836. The molecule has 1 unspecified atom stereocenters. The SMILES string of the molecule is Cc1noc(C)c1CN1C(=O)C(C)Oc2ccc(NC(=O)c3ccc4cc[nH]c4c3)cc21. The lowest BCUT2D eigenvalue weighted by Crippen LogP contribution is -2.44. The maximum Gasteiger partial charge on any atom is 0.268 e. The lowest BCUT2D eigenvalue weighted by molar-refractivity contribution is -0.125. The van der Waals surface area contributed by atoms with Crippen molar-refractivity contribution in [3.8, 4) is 5.75 Å². The van der Waals surface area contributed by atoms with Crippen molar-refractivity contribution >= 4 is 34.1 Å². The summed E-state index contributed by atoms with van der Waals surface area (Å²) >= 11 is 0. The van der Waals surface area contributed by atoms with Crippen LogP contribution in [0.4, 0.5) is 11.4 Å². The van der Waals surface area contributed by atoms with E-state index in [9.17, 15) is 9.59 Å². The van der Waals surface area contributed by atoms with E-state index in [1.54, 1.807) is 42.2 Å². The quantitative estimate of drug-likeness (QED) is 0.502. The van der Waals surface area contributed by atoms with Crippen molar-refractivity contribution in [2.24, 2.45) is 0 Å². The first-order valence-electron chi connectivity index (χ1n) is 10.3. The van der Waals surface area contributed by atoms with E-state index in [0.29, 0.717) is 35.0 Å². The largest absolute Gasteiger partial charge is 0.479 e. The summed E-state index contributed by atoms with van der Waals surface area (Å²) in [7, 11) is 0. The van der Waals surface area contributed by atoms with Crippen LogP contribution in [0, 0.1) is 13.8 Å². The number of aromatic amines is 1. The van der Waals surface area contributed by atoms with Crippen LogP contribution in [0.1, 0.15) is 34.3 Å². The lowest BCUT2D eigenvalue weighted by Gasteiger charge is -2.33. The summed E-state index contributed by atoms with van der Waals surface area (Å²) in [6.07, 6.45) is 1.22. The number of benzene rings is 2. The van der Waals surface area contributed by atoms with Crippen LogP contribution in [-0.4, -0.2) is 28.1 Å². The van der Waals surface area contributed by atoms with Gasteiger partial charge in [-0.15, -0.1) is 0 Å². The van der Waals surface area contributed by atoms with E-state index >= 15 is 0 Å². The van der Waals surface area contributed by atoms with Crippen molar-refractivity contribution in [2.45, 2.75) is 33.4 Å². The van der Waals surface area contributed by atoms with Gasteiger partial charge in [-0.25, -0.2) is 0 Å². The number of H-pyrrole nitrogens is 1. The van der Waals surface area contributed by atoms with Crippen molar-refractivity contribution < 1.29 is 18.8 Å². The monoisotopic (exact) mass is 430 g/mol. The summed E-state index contributed by atoms with van der Waals surface area (Å²) < 4.78 is 11.0. The van der Waals surface area contributed by atoms with E-state index < -0.39 is 6.10 Å². The minimum atomic E-state index is -0.615. The highest BCUT2D eigenvalue weighted by atomic mass is 16.5. The van der Waals surface area contributed by atoms with E-state index in [4.69, 9.17) is 9.26 Å². The van der Waals surface area contributed by atoms with Gasteiger partial charge in [0.15, 0.2) is 6.10 Å². The van der Waals surface area contributed by atoms with Crippen LogP contribution in [0.3, 0.4) is 0 Å². The predicted octanol–water partition coefficient (Wildman–Crippen LogP) is 4.34. The molecule has 0 saturated carbocycles. The number of rotatable bonds is 4. The van der Waals surface area contributed by atoms with Gasteiger partial charge in [-0.05, 0) is 62.6 Å². The molecule has 0 fully saturated rings. The number of amides is 2. The third kappa shape index (κ3) is 3.39. The van der Waals surface area contributed by atoms with E-state index in [1.807, 2.05) is 32.2 Å². The summed E-state index contributed by atoms with van der Waals surface area (Å²) in [5.41, 5.74) is 4.17. The molecule has 2 amide bonds. The summed E-state index contributed by atoms with van der Waals surface area (Å²) in [6.45, 7) is 5.70. The van der Waals surface area contributed by atoms with Gasteiger partial charge in [0.25, 0.3) is 11.8 Å². The molecule has 2 N–H and O–H groups in total. The first kappa shape index (κ1) is 19.9. The topological polar surface area (TPSA) is 100 Å². The molecule has 0 bridgehead atoms. The van der Waals surface area contributed by atoms with Gasteiger partial charge < -0.3 is 24.5 Å². The Morgan fingerprint density at radius 2 is 2.03 bits per heavy atom. The number of nitrogens with zero attached hydrogens (tertiary/aromatic N) is 2. The van der Waals surface area contributed by atoms with E-state index in [-0.39, 0.29) is 11.8 Å². The number of nitrogens with one attached hydrogen (secondary N) is 2. The zero-order valence-corrected chi connectivity index (χ0v) is 17.9. The number of aromatic nitrogens is 2. The van der Waals surface area contributed by atoms with Crippen LogP contribution in [0.2, 0.25) is 0 Å². The molecule has 1 aliphatic heterocycles. The molecule has 8 heteroatoms. The Morgan fingerprint density at radius 1 is 1.19 bits per heavy atom. The molecule has 4 aromatic rings. The molecule has 2 aromatic carbocycles. The fourth-order valence-corrected chi connectivity index (χ4v) is 3.93. The normalized spacial score (nSPS) is 15.5.